The first kappa shape index (κ1) is 14.9. The molecule has 3 aromatic rings. The number of aliphatic hydroxyl groups is 1. The second-order valence-electron chi connectivity index (χ2n) is 5.21. The van der Waals surface area contributed by atoms with Crippen molar-refractivity contribution < 1.29 is 9.52 Å². The summed E-state index contributed by atoms with van der Waals surface area (Å²) in [5.74, 6) is 0.791. The van der Waals surface area contributed by atoms with Gasteiger partial charge in [0, 0.05) is 17.8 Å². The third kappa shape index (κ3) is 3.08. The van der Waals surface area contributed by atoms with Crippen LogP contribution in [0.15, 0.2) is 46.9 Å². The van der Waals surface area contributed by atoms with Gasteiger partial charge in [-0.3, -0.25) is 0 Å². The molecule has 0 spiro atoms. The molecule has 0 saturated heterocycles. The van der Waals surface area contributed by atoms with Gasteiger partial charge >= 0.3 is 0 Å². The van der Waals surface area contributed by atoms with E-state index in [4.69, 9.17) is 16.0 Å². The normalized spacial score (nSPS) is 12.5. The first-order valence-corrected chi connectivity index (χ1v) is 7.65. The van der Waals surface area contributed by atoms with E-state index >= 15 is 0 Å². The lowest BCUT2D eigenvalue weighted by molar-refractivity contribution is 0.211. The Kier molecular flexibility index (Phi) is 4.32. The predicted octanol–water partition coefficient (Wildman–Crippen LogP) is 3.81. The molecule has 2 aromatic carbocycles. The number of benzene rings is 2. The molecule has 5 heteroatoms. The van der Waals surface area contributed by atoms with E-state index in [2.05, 4.69) is 10.3 Å². The quantitative estimate of drug-likeness (QED) is 0.703. The standard InChI is InChI=1S/C17H17ClN2O2/c1-11-6-7-12(8-15(11)19-10-13(21)9-18)17-20-14-4-2-3-5-16(14)22-17/h2-8,13,19,21H,9-10H2,1H3. The predicted molar refractivity (Wildman–Crippen MR) is 89.4 cm³/mol. The Hall–Kier alpha value is -2.04. The zero-order valence-corrected chi connectivity index (χ0v) is 13.0. The van der Waals surface area contributed by atoms with E-state index < -0.39 is 6.10 Å². The molecular formula is C17H17ClN2O2. The highest BCUT2D eigenvalue weighted by Gasteiger charge is 2.10. The Morgan fingerprint density at radius 1 is 1.27 bits per heavy atom. The molecule has 1 heterocycles. The molecule has 1 unspecified atom stereocenters. The lowest BCUT2D eigenvalue weighted by Crippen LogP contribution is -2.21. The second kappa shape index (κ2) is 6.38. The lowest BCUT2D eigenvalue weighted by atomic mass is 10.1. The maximum Gasteiger partial charge on any atom is 0.227 e. The van der Waals surface area contributed by atoms with Gasteiger partial charge in [-0.05, 0) is 36.8 Å². The topological polar surface area (TPSA) is 58.3 Å². The molecule has 0 fully saturated rings. The highest BCUT2D eigenvalue weighted by Crippen LogP contribution is 2.27. The van der Waals surface area contributed by atoms with Crippen LogP contribution in [-0.2, 0) is 0 Å². The number of alkyl halides is 1. The largest absolute Gasteiger partial charge is 0.436 e. The van der Waals surface area contributed by atoms with Gasteiger partial charge < -0.3 is 14.8 Å². The molecule has 22 heavy (non-hydrogen) atoms. The van der Waals surface area contributed by atoms with E-state index in [0.29, 0.717) is 12.4 Å². The number of aromatic nitrogens is 1. The van der Waals surface area contributed by atoms with E-state index in [0.717, 1.165) is 27.9 Å². The minimum absolute atomic E-state index is 0.205. The summed E-state index contributed by atoms with van der Waals surface area (Å²) in [5, 5.41) is 12.8. The highest BCUT2D eigenvalue weighted by atomic mass is 35.5. The van der Waals surface area contributed by atoms with Crippen LogP contribution in [0.5, 0.6) is 0 Å². The summed E-state index contributed by atoms with van der Waals surface area (Å²) in [4.78, 5) is 4.50. The van der Waals surface area contributed by atoms with Gasteiger partial charge in [-0.2, -0.15) is 0 Å². The number of aryl methyl sites for hydroxylation is 1. The van der Waals surface area contributed by atoms with Crippen molar-refractivity contribution >= 4 is 28.4 Å². The summed E-state index contributed by atoms with van der Waals surface area (Å²) >= 11 is 5.62. The third-order valence-electron chi connectivity index (χ3n) is 3.48. The number of fused-ring (bicyclic) bond motifs is 1. The third-order valence-corrected chi connectivity index (χ3v) is 3.84. The molecule has 2 N–H and O–H groups in total. The summed E-state index contributed by atoms with van der Waals surface area (Å²) in [6.45, 7) is 2.41. The minimum atomic E-state index is -0.575. The molecule has 0 amide bonds. The van der Waals surface area contributed by atoms with Gasteiger partial charge in [0.2, 0.25) is 5.89 Å². The van der Waals surface area contributed by atoms with Gasteiger partial charge in [-0.25, -0.2) is 4.98 Å². The minimum Gasteiger partial charge on any atom is -0.436 e. The fourth-order valence-electron chi connectivity index (χ4n) is 2.22. The number of aliphatic hydroxyl groups excluding tert-OH is 1. The number of para-hydroxylation sites is 2. The number of nitrogens with one attached hydrogen (secondary N) is 1. The average molecular weight is 317 g/mol. The molecule has 0 radical (unpaired) electrons. The molecule has 114 valence electrons. The molecule has 1 aromatic heterocycles. The van der Waals surface area contributed by atoms with Crippen LogP contribution in [0.4, 0.5) is 5.69 Å². The van der Waals surface area contributed by atoms with Gasteiger partial charge in [0.05, 0.1) is 12.0 Å². The maximum absolute atomic E-state index is 9.57. The zero-order valence-electron chi connectivity index (χ0n) is 12.2. The van der Waals surface area contributed by atoms with Gasteiger partial charge in [0.1, 0.15) is 5.52 Å². The Labute approximate surface area is 133 Å². The smallest absolute Gasteiger partial charge is 0.227 e. The van der Waals surface area contributed by atoms with Crippen LogP contribution in [0, 0.1) is 6.92 Å². The molecule has 4 nitrogen and oxygen atoms in total. The number of nitrogens with zero attached hydrogens (tertiary/aromatic N) is 1. The number of oxazole rings is 1. The number of rotatable bonds is 5. The van der Waals surface area contributed by atoms with Crippen molar-refractivity contribution in [3.05, 3.63) is 48.0 Å². The fourth-order valence-corrected chi connectivity index (χ4v) is 2.33. The van der Waals surface area contributed by atoms with Crippen LogP contribution in [0.25, 0.3) is 22.6 Å². The summed E-state index contributed by atoms with van der Waals surface area (Å²) in [5.41, 5.74) is 4.52. The van der Waals surface area contributed by atoms with Crippen LogP contribution < -0.4 is 5.32 Å². The number of anilines is 1. The number of hydrogen-bond acceptors (Lipinski definition) is 4. The van der Waals surface area contributed by atoms with E-state index in [-0.39, 0.29) is 5.88 Å². The van der Waals surface area contributed by atoms with Crippen molar-refractivity contribution in [3.8, 4) is 11.5 Å². The van der Waals surface area contributed by atoms with Crippen LogP contribution in [0.1, 0.15) is 5.56 Å². The monoisotopic (exact) mass is 316 g/mol. The first-order valence-electron chi connectivity index (χ1n) is 7.12. The molecule has 0 aliphatic heterocycles. The molecule has 3 rings (SSSR count). The average Bonchev–Trinajstić information content (AvgIpc) is 2.97. The summed E-state index contributed by atoms with van der Waals surface area (Å²) < 4.78 is 5.79. The van der Waals surface area contributed by atoms with Crippen molar-refractivity contribution in [2.75, 3.05) is 17.7 Å². The summed E-state index contributed by atoms with van der Waals surface area (Å²) in [6, 6.07) is 13.6. The van der Waals surface area contributed by atoms with E-state index in [1.165, 1.54) is 0 Å². The number of halogens is 1. The Balaban J connectivity index is 1.90. The van der Waals surface area contributed by atoms with E-state index in [9.17, 15) is 5.11 Å². The molecule has 0 aliphatic rings. The van der Waals surface area contributed by atoms with Crippen LogP contribution in [0.2, 0.25) is 0 Å². The molecule has 0 aliphatic carbocycles. The van der Waals surface area contributed by atoms with E-state index in [1.807, 2.05) is 49.4 Å². The summed E-state index contributed by atoms with van der Waals surface area (Å²) in [7, 11) is 0. The van der Waals surface area contributed by atoms with Gasteiger partial charge in [-0.15, -0.1) is 11.6 Å². The molecule has 1 atom stereocenters. The van der Waals surface area contributed by atoms with Crippen molar-refractivity contribution in [1.82, 2.24) is 4.98 Å². The number of hydrogen-bond donors (Lipinski definition) is 2. The molecular weight excluding hydrogens is 300 g/mol. The zero-order chi connectivity index (χ0) is 15.5. The van der Waals surface area contributed by atoms with E-state index in [1.54, 1.807) is 0 Å². The van der Waals surface area contributed by atoms with Crippen molar-refractivity contribution in [1.29, 1.82) is 0 Å². The SMILES string of the molecule is Cc1ccc(-c2nc3ccccc3o2)cc1NCC(O)CCl. The second-order valence-corrected chi connectivity index (χ2v) is 5.51. The summed E-state index contributed by atoms with van der Waals surface area (Å²) in [6.07, 6.45) is -0.575. The first-order chi connectivity index (χ1) is 10.7. The Bertz CT molecular complexity index is 752. The molecule has 0 saturated carbocycles. The van der Waals surface area contributed by atoms with Crippen LogP contribution in [-0.4, -0.2) is 28.6 Å². The Morgan fingerprint density at radius 2 is 2.09 bits per heavy atom. The fraction of sp³-hybridized carbons (Fsp3) is 0.235. The van der Waals surface area contributed by atoms with Gasteiger partial charge in [-0.1, -0.05) is 18.2 Å². The maximum atomic E-state index is 9.57. The van der Waals surface area contributed by atoms with Gasteiger partial charge in [0.15, 0.2) is 5.58 Å². The Morgan fingerprint density at radius 3 is 2.86 bits per heavy atom. The van der Waals surface area contributed by atoms with Crippen LogP contribution in [0.3, 0.4) is 0 Å². The van der Waals surface area contributed by atoms with Crippen molar-refractivity contribution in [2.24, 2.45) is 0 Å². The van der Waals surface area contributed by atoms with Crippen molar-refractivity contribution in [3.63, 3.8) is 0 Å². The van der Waals surface area contributed by atoms with Crippen LogP contribution >= 0.6 is 11.6 Å². The van der Waals surface area contributed by atoms with Crippen molar-refractivity contribution in [2.45, 2.75) is 13.0 Å². The molecule has 0 bridgehead atoms. The lowest BCUT2D eigenvalue weighted by Gasteiger charge is -2.13. The highest BCUT2D eigenvalue weighted by molar-refractivity contribution is 6.18. The van der Waals surface area contributed by atoms with Gasteiger partial charge in [0.25, 0.3) is 0 Å².